The summed E-state index contributed by atoms with van der Waals surface area (Å²) < 4.78 is 27.1. The summed E-state index contributed by atoms with van der Waals surface area (Å²) in [5, 5.41) is 13.2. The fourth-order valence-electron chi connectivity index (χ4n) is 5.66. The van der Waals surface area contributed by atoms with Crippen LogP contribution in [-0.2, 0) is 0 Å². The Hall–Kier alpha value is -2.82. The zero-order valence-corrected chi connectivity index (χ0v) is 19.2. The first kappa shape index (κ1) is 22.9. The van der Waals surface area contributed by atoms with E-state index in [2.05, 4.69) is 46.6 Å². The molecular weight excluding hydrogens is 434 g/mol. The number of nitrogens with one attached hydrogen (secondary N) is 1. The topological polar surface area (TPSA) is 59.4 Å². The number of hydrogen-bond acceptors (Lipinski definition) is 4. The number of carbonyl (C=O) groups excluding carboxylic acids is 1. The molecule has 5 rings (SSSR count). The molecule has 2 atom stereocenters. The van der Waals surface area contributed by atoms with Gasteiger partial charge in [0.2, 0.25) is 0 Å². The number of amides is 1. The van der Waals surface area contributed by atoms with Gasteiger partial charge in [-0.2, -0.15) is 5.26 Å². The lowest BCUT2D eigenvalue weighted by Crippen LogP contribution is -2.72. The van der Waals surface area contributed by atoms with Crippen molar-refractivity contribution in [3.8, 4) is 6.07 Å². The molecule has 0 aromatic heterocycles. The van der Waals surface area contributed by atoms with Gasteiger partial charge in [0.05, 0.1) is 18.0 Å². The van der Waals surface area contributed by atoms with Crippen molar-refractivity contribution in [2.24, 2.45) is 5.92 Å². The molecule has 2 heterocycles. The van der Waals surface area contributed by atoms with Crippen LogP contribution in [0.1, 0.15) is 47.5 Å². The second-order valence-corrected chi connectivity index (χ2v) is 10.1. The van der Waals surface area contributed by atoms with Crippen LogP contribution in [0.4, 0.5) is 8.78 Å². The number of halogens is 2. The van der Waals surface area contributed by atoms with E-state index in [0.29, 0.717) is 37.4 Å². The van der Waals surface area contributed by atoms with Crippen LogP contribution in [-0.4, -0.2) is 60.0 Å². The Balaban J connectivity index is 1.11. The monoisotopic (exact) mass is 464 g/mol. The molecule has 2 saturated heterocycles. The molecule has 34 heavy (non-hydrogen) atoms. The molecule has 178 valence electrons. The highest BCUT2D eigenvalue weighted by atomic mass is 19.1. The number of rotatable bonds is 7. The maximum Gasteiger partial charge on any atom is 0.254 e. The zero-order valence-electron chi connectivity index (χ0n) is 19.2. The summed E-state index contributed by atoms with van der Waals surface area (Å²) >= 11 is 0. The molecular formula is C27H30F2N4O. The number of carbonyl (C=O) groups is 1. The Kier molecular flexibility index (Phi) is 6.37. The summed E-state index contributed by atoms with van der Waals surface area (Å²) in [6.07, 6.45) is 3.67. The average Bonchev–Trinajstić information content (AvgIpc) is 3.59. The third-order valence-corrected chi connectivity index (χ3v) is 7.75. The van der Waals surface area contributed by atoms with Crippen LogP contribution in [0.15, 0.2) is 48.5 Å². The fraction of sp³-hybridized carbons (Fsp3) is 0.481. The van der Waals surface area contributed by atoms with Crippen molar-refractivity contribution in [2.45, 2.75) is 43.2 Å². The number of nitriles is 1. The maximum atomic E-state index is 13.5. The van der Waals surface area contributed by atoms with E-state index in [9.17, 15) is 18.8 Å². The quantitative estimate of drug-likeness (QED) is 0.675. The van der Waals surface area contributed by atoms with Gasteiger partial charge in [0.25, 0.3) is 5.91 Å². The highest BCUT2D eigenvalue weighted by molar-refractivity contribution is 5.95. The second-order valence-electron chi connectivity index (χ2n) is 10.1. The van der Waals surface area contributed by atoms with Crippen LogP contribution < -0.4 is 5.32 Å². The Morgan fingerprint density at radius 1 is 1.09 bits per heavy atom. The van der Waals surface area contributed by atoms with Crippen molar-refractivity contribution in [2.75, 3.05) is 32.7 Å². The van der Waals surface area contributed by atoms with Gasteiger partial charge in [0, 0.05) is 36.7 Å². The molecule has 1 saturated carbocycles. The summed E-state index contributed by atoms with van der Waals surface area (Å²) in [7, 11) is 0. The molecule has 3 aliphatic rings. The van der Waals surface area contributed by atoms with Crippen LogP contribution in [0.25, 0.3) is 0 Å². The van der Waals surface area contributed by atoms with Crippen molar-refractivity contribution in [1.82, 2.24) is 15.1 Å². The van der Waals surface area contributed by atoms with Crippen molar-refractivity contribution in [1.29, 1.82) is 5.26 Å². The molecule has 2 aromatic carbocycles. The summed E-state index contributed by atoms with van der Waals surface area (Å²) in [4.78, 5) is 16.7. The number of piperidine rings is 1. The molecule has 0 spiro atoms. The van der Waals surface area contributed by atoms with Gasteiger partial charge in [-0.15, -0.1) is 0 Å². The Bertz CT molecular complexity index is 1050. The molecule has 0 unspecified atom stereocenters. The third-order valence-electron chi connectivity index (χ3n) is 7.75. The Morgan fingerprint density at radius 2 is 1.76 bits per heavy atom. The molecule has 1 aliphatic carbocycles. The number of hydrogen-bond donors (Lipinski definition) is 1. The molecule has 7 heteroatoms. The SMILES string of the molecule is N#CCC1(N2CCC(CN[C@@H]3C[C@H]3c3ccccc3)CC2)CN(C(=O)c2cc(F)cc(F)c2)C1. The van der Waals surface area contributed by atoms with Crippen molar-refractivity contribution in [3.63, 3.8) is 0 Å². The van der Waals surface area contributed by atoms with E-state index in [1.54, 1.807) is 4.90 Å². The summed E-state index contributed by atoms with van der Waals surface area (Å²) in [5.41, 5.74) is 1.07. The fourth-order valence-corrected chi connectivity index (χ4v) is 5.66. The molecule has 2 aliphatic heterocycles. The van der Waals surface area contributed by atoms with Gasteiger partial charge >= 0.3 is 0 Å². The number of nitrogens with zero attached hydrogens (tertiary/aromatic N) is 3. The lowest BCUT2D eigenvalue weighted by Gasteiger charge is -2.56. The van der Waals surface area contributed by atoms with Crippen molar-refractivity contribution < 1.29 is 13.6 Å². The lowest BCUT2D eigenvalue weighted by molar-refractivity contribution is -0.0522. The van der Waals surface area contributed by atoms with Gasteiger partial charge in [-0.25, -0.2) is 8.78 Å². The Morgan fingerprint density at radius 3 is 2.41 bits per heavy atom. The minimum absolute atomic E-state index is 0.0155. The maximum absolute atomic E-state index is 13.5. The molecule has 0 radical (unpaired) electrons. The third kappa shape index (κ3) is 4.70. The Labute approximate surface area is 199 Å². The first-order valence-corrected chi connectivity index (χ1v) is 12.1. The normalized spacial score (nSPS) is 24.3. The standard InChI is InChI=1S/C27H30F2N4O/c28-22-12-21(13-23(29)14-22)26(34)32-17-27(18-32,8-9-30)33-10-6-19(7-11-33)16-31-25-15-24(25)20-4-2-1-3-5-20/h1-5,12-14,19,24-25,31H,6-8,10-11,15-18H2/t24-,25+/m0/s1. The molecule has 1 amide bonds. The minimum Gasteiger partial charge on any atom is -0.335 e. The zero-order chi connectivity index (χ0) is 23.7. The highest BCUT2D eigenvalue weighted by Crippen LogP contribution is 2.41. The van der Waals surface area contributed by atoms with E-state index in [4.69, 9.17) is 0 Å². The van der Waals surface area contributed by atoms with Crippen LogP contribution >= 0.6 is 0 Å². The highest BCUT2D eigenvalue weighted by Gasteiger charge is 2.50. The van der Waals surface area contributed by atoms with Gasteiger partial charge in [-0.1, -0.05) is 30.3 Å². The van der Waals surface area contributed by atoms with Crippen LogP contribution in [0.5, 0.6) is 0 Å². The van der Waals surface area contributed by atoms with Crippen LogP contribution in [0, 0.1) is 28.9 Å². The first-order valence-electron chi connectivity index (χ1n) is 12.1. The van der Waals surface area contributed by atoms with Crippen LogP contribution in [0.2, 0.25) is 0 Å². The molecule has 2 aromatic rings. The average molecular weight is 465 g/mol. The van der Waals surface area contributed by atoms with Gasteiger partial charge in [0.1, 0.15) is 11.6 Å². The molecule has 1 N–H and O–H groups in total. The largest absolute Gasteiger partial charge is 0.335 e. The molecule has 0 bridgehead atoms. The van der Waals surface area contributed by atoms with Crippen molar-refractivity contribution >= 4 is 5.91 Å². The van der Waals surface area contributed by atoms with Gasteiger partial charge in [0.15, 0.2) is 0 Å². The van der Waals surface area contributed by atoms with Crippen LogP contribution in [0.3, 0.4) is 0 Å². The van der Waals surface area contributed by atoms with E-state index in [-0.39, 0.29) is 17.0 Å². The van der Waals surface area contributed by atoms with E-state index in [1.165, 1.54) is 12.0 Å². The summed E-state index contributed by atoms with van der Waals surface area (Å²) in [5.74, 6) is -0.664. The number of likely N-dealkylation sites (tertiary alicyclic amines) is 2. The predicted octanol–water partition coefficient (Wildman–Crippen LogP) is 3.93. The summed E-state index contributed by atoms with van der Waals surface area (Å²) in [6, 6.07) is 16.4. The van der Waals surface area contributed by atoms with E-state index in [0.717, 1.165) is 50.7 Å². The smallest absolute Gasteiger partial charge is 0.254 e. The minimum atomic E-state index is -0.760. The van der Waals surface area contributed by atoms with E-state index in [1.807, 2.05) is 0 Å². The molecule has 5 nitrogen and oxygen atoms in total. The van der Waals surface area contributed by atoms with Gasteiger partial charge in [-0.05, 0) is 62.5 Å². The van der Waals surface area contributed by atoms with Gasteiger partial charge in [-0.3, -0.25) is 9.69 Å². The number of benzene rings is 2. The van der Waals surface area contributed by atoms with E-state index >= 15 is 0 Å². The summed E-state index contributed by atoms with van der Waals surface area (Å²) in [6.45, 7) is 3.65. The second kappa shape index (κ2) is 9.44. The predicted molar refractivity (Wildman–Crippen MR) is 125 cm³/mol. The van der Waals surface area contributed by atoms with E-state index < -0.39 is 11.6 Å². The molecule has 3 fully saturated rings. The van der Waals surface area contributed by atoms with Gasteiger partial charge < -0.3 is 10.2 Å². The van der Waals surface area contributed by atoms with Crippen molar-refractivity contribution in [3.05, 3.63) is 71.3 Å². The lowest BCUT2D eigenvalue weighted by atomic mass is 9.81. The first-order chi connectivity index (χ1) is 16.5.